The molecule has 0 saturated carbocycles. The van der Waals surface area contributed by atoms with Gasteiger partial charge < -0.3 is 14.8 Å². The molecule has 0 bridgehead atoms. The van der Waals surface area contributed by atoms with Gasteiger partial charge in [0.15, 0.2) is 0 Å². The maximum atomic E-state index is 5.96. The van der Waals surface area contributed by atoms with Crippen LogP contribution >= 0.6 is 0 Å². The van der Waals surface area contributed by atoms with Crippen LogP contribution in [-0.2, 0) is 0 Å². The highest BCUT2D eigenvalue weighted by molar-refractivity contribution is 5.46. The lowest BCUT2D eigenvalue weighted by molar-refractivity contribution is 0.234. The van der Waals surface area contributed by atoms with Crippen molar-refractivity contribution < 1.29 is 9.47 Å². The Morgan fingerprint density at radius 2 is 1.29 bits per heavy atom. The van der Waals surface area contributed by atoms with E-state index in [1.54, 1.807) is 0 Å². The summed E-state index contributed by atoms with van der Waals surface area (Å²) in [6.45, 7) is 11.3. The Balaban J connectivity index is 1.81. The smallest absolute Gasteiger partial charge is 0.119 e. The molecule has 0 spiro atoms. The third-order valence-electron chi connectivity index (χ3n) is 3.70. The molecule has 0 amide bonds. The monoisotopic (exact) mass is 327 g/mol. The van der Waals surface area contributed by atoms with Gasteiger partial charge in [0.1, 0.15) is 17.6 Å². The van der Waals surface area contributed by atoms with E-state index < -0.39 is 0 Å². The van der Waals surface area contributed by atoms with Crippen LogP contribution in [0.3, 0.4) is 0 Å². The highest BCUT2D eigenvalue weighted by Crippen LogP contribution is 2.20. The van der Waals surface area contributed by atoms with E-state index in [1.165, 1.54) is 5.56 Å². The molecule has 3 nitrogen and oxygen atoms in total. The molecule has 0 aliphatic rings. The number of ether oxygens (including phenoxy) is 2. The minimum atomic E-state index is 0.0847. The molecular formula is C21H29NO2. The molecular weight excluding hydrogens is 298 g/mol. The minimum Gasteiger partial charge on any atom is -0.491 e. The molecule has 0 fully saturated rings. The molecule has 1 unspecified atom stereocenters. The van der Waals surface area contributed by atoms with Gasteiger partial charge in [0.25, 0.3) is 0 Å². The summed E-state index contributed by atoms with van der Waals surface area (Å²) < 4.78 is 11.6. The van der Waals surface area contributed by atoms with Crippen LogP contribution in [0.1, 0.15) is 46.1 Å². The fourth-order valence-electron chi connectivity index (χ4n) is 2.39. The van der Waals surface area contributed by atoms with Crippen LogP contribution in [0.2, 0.25) is 0 Å². The Kier molecular flexibility index (Phi) is 6.53. The third-order valence-corrected chi connectivity index (χ3v) is 3.70. The van der Waals surface area contributed by atoms with Gasteiger partial charge >= 0.3 is 0 Å². The molecule has 0 heterocycles. The first kappa shape index (κ1) is 18.2. The fourth-order valence-corrected chi connectivity index (χ4v) is 2.39. The normalized spacial score (nSPS) is 12.3. The second-order valence-electron chi connectivity index (χ2n) is 6.72. The second-order valence-corrected chi connectivity index (χ2v) is 6.72. The molecule has 2 aromatic rings. The maximum absolute atomic E-state index is 5.96. The van der Waals surface area contributed by atoms with Crippen LogP contribution in [0.4, 0.5) is 5.69 Å². The van der Waals surface area contributed by atoms with E-state index in [0.29, 0.717) is 5.92 Å². The van der Waals surface area contributed by atoms with E-state index in [4.69, 9.17) is 9.47 Å². The summed E-state index contributed by atoms with van der Waals surface area (Å²) in [4.78, 5) is 0. The van der Waals surface area contributed by atoms with Gasteiger partial charge in [-0.25, -0.2) is 0 Å². The summed E-state index contributed by atoms with van der Waals surface area (Å²) in [7, 11) is 0. The molecule has 1 N–H and O–H groups in total. The van der Waals surface area contributed by atoms with Gasteiger partial charge in [0.2, 0.25) is 0 Å². The predicted molar refractivity (Wildman–Crippen MR) is 101 cm³/mol. The third kappa shape index (κ3) is 5.80. The highest BCUT2D eigenvalue weighted by Gasteiger charge is 2.06. The van der Waals surface area contributed by atoms with E-state index in [2.05, 4.69) is 38.2 Å². The van der Waals surface area contributed by atoms with Gasteiger partial charge in [-0.05, 0) is 68.7 Å². The summed E-state index contributed by atoms with van der Waals surface area (Å²) in [5.74, 6) is 2.35. The average Bonchev–Trinajstić information content (AvgIpc) is 2.54. The summed E-state index contributed by atoms with van der Waals surface area (Å²) >= 11 is 0. The summed E-state index contributed by atoms with van der Waals surface area (Å²) in [6.07, 6.45) is 0.279. The van der Waals surface area contributed by atoms with Crippen molar-refractivity contribution in [2.75, 3.05) is 11.9 Å². The van der Waals surface area contributed by atoms with Crippen molar-refractivity contribution in [3.8, 4) is 11.5 Å². The zero-order valence-corrected chi connectivity index (χ0v) is 15.4. The summed E-state index contributed by atoms with van der Waals surface area (Å²) in [5, 5.41) is 3.39. The van der Waals surface area contributed by atoms with Gasteiger partial charge in [0, 0.05) is 5.69 Å². The van der Waals surface area contributed by atoms with Crippen LogP contribution in [0.15, 0.2) is 48.5 Å². The lowest BCUT2D eigenvalue weighted by Gasteiger charge is -2.17. The largest absolute Gasteiger partial charge is 0.491 e. The fraction of sp³-hybridized carbons (Fsp3) is 0.429. The van der Waals surface area contributed by atoms with E-state index in [0.717, 1.165) is 23.7 Å². The van der Waals surface area contributed by atoms with E-state index in [9.17, 15) is 0 Å². The van der Waals surface area contributed by atoms with E-state index in [1.807, 2.05) is 50.2 Å². The number of hydrogen-bond donors (Lipinski definition) is 1. The van der Waals surface area contributed by atoms with Gasteiger partial charge in [-0.15, -0.1) is 0 Å². The van der Waals surface area contributed by atoms with Crippen molar-refractivity contribution in [2.24, 2.45) is 0 Å². The Bertz CT molecular complexity index is 603. The maximum Gasteiger partial charge on any atom is 0.119 e. The van der Waals surface area contributed by atoms with Crippen molar-refractivity contribution >= 4 is 5.69 Å². The van der Waals surface area contributed by atoms with Crippen molar-refractivity contribution in [1.29, 1.82) is 0 Å². The number of rotatable bonds is 8. The van der Waals surface area contributed by atoms with Crippen LogP contribution in [0, 0.1) is 0 Å². The lowest BCUT2D eigenvalue weighted by atomic mass is 10.0. The van der Waals surface area contributed by atoms with Gasteiger partial charge in [-0.2, -0.15) is 0 Å². The average molecular weight is 327 g/mol. The van der Waals surface area contributed by atoms with Gasteiger partial charge in [-0.1, -0.05) is 26.0 Å². The zero-order valence-electron chi connectivity index (χ0n) is 15.4. The van der Waals surface area contributed by atoms with E-state index in [-0.39, 0.29) is 12.2 Å². The Labute approximate surface area is 146 Å². The van der Waals surface area contributed by atoms with Crippen LogP contribution in [-0.4, -0.2) is 18.8 Å². The van der Waals surface area contributed by atoms with Gasteiger partial charge in [-0.3, -0.25) is 0 Å². The Morgan fingerprint density at radius 1 is 0.750 bits per heavy atom. The second kappa shape index (κ2) is 8.62. The topological polar surface area (TPSA) is 30.5 Å². The molecule has 130 valence electrons. The van der Waals surface area contributed by atoms with Crippen LogP contribution < -0.4 is 14.8 Å². The summed E-state index contributed by atoms with van der Waals surface area (Å²) in [5.41, 5.74) is 2.40. The molecule has 3 heteroatoms. The van der Waals surface area contributed by atoms with Gasteiger partial charge in [0.05, 0.1) is 12.6 Å². The molecule has 2 rings (SSSR count). The van der Waals surface area contributed by atoms with Crippen LogP contribution in [0.25, 0.3) is 0 Å². The lowest BCUT2D eigenvalue weighted by Crippen LogP contribution is -2.22. The van der Waals surface area contributed by atoms with Crippen molar-refractivity contribution in [1.82, 2.24) is 0 Å². The Hall–Kier alpha value is -2.16. The standard InChI is InChI=1S/C21H29NO2/c1-15(2)18-6-10-21(11-7-18)24-17(5)14-22-19-8-12-20(13-9-19)23-16(3)4/h6-13,15-17,22H,14H2,1-5H3. The van der Waals surface area contributed by atoms with Crippen molar-refractivity contribution in [3.63, 3.8) is 0 Å². The SMILES string of the molecule is CC(C)Oc1ccc(NCC(C)Oc2ccc(C(C)C)cc2)cc1. The van der Waals surface area contributed by atoms with E-state index >= 15 is 0 Å². The molecule has 0 saturated heterocycles. The molecule has 24 heavy (non-hydrogen) atoms. The quantitative estimate of drug-likeness (QED) is 0.696. The number of anilines is 1. The molecule has 0 radical (unpaired) electrons. The number of nitrogens with one attached hydrogen (secondary N) is 1. The molecule has 0 aromatic heterocycles. The molecule has 0 aliphatic carbocycles. The van der Waals surface area contributed by atoms with Crippen LogP contribution in [0.5, 0.6) is 11.5 Å². The minimum absolute atomic E-state index is 0.0847. The number of benzene rings is 2. The molecule has 2 aromatic carbocycles. The first-order valence-corrected chi connectivity index (χ1v) is 8.71. The zero-order chi connectivity index (χ0) is 17.5. The summed E-state index contributed by atoms with van der Waals surface area (Å²) in [6, 6.07) is 16.4. The number of hydrogen-bond acceptors (Lipinski definition) is 3. The predicted octanol–water partition coefficient (Wildman–Crippen LogP) is 5.48. The van der Waals surface area contributed by atoms with Crippen molar-refractivity contribution in [3.05, 3.63) is 54.1 Å². The first-order valence-electron chi connectivity index (χ1n) is 8.71. The highest BCUT2D eigenvalue weighted by atomic mass is 16.5. The molecule has 1 atom stereocenters. The first-order chi connectivity index (χ1) is 11.4. The molecule has 0 aliphatic heterocycles. The van der Waals surface area contributed by atoms with Crippen molar-refractivity contribution in [2.45, 2.75) is 52.7 Å². The Morgan fingerprint density at radius 3 is 1.83 bits per heavy atom.